The van der Waals surface area contributed by atoms with Gasteiger partial charge in [-0.2, -0.15) is 0 Å². The molecule has 0 radical (unpaired) electrons. The van der Waals surface area contributed by atoms with E-state index >= 15 is 0 Å². The molecule has 2 aliphatic rings. The number of hydrogen-bond donors (Lipinski definition) is 1. The Morgan fingerprint density at radius 3 is 2.93 bits per heavy atom. The fraction of sp³-hybridized carbons (Fsp3) is 0.571. The normalized spacial score (nSPS) is 37.7. The van der Waals surface area contributed by atoms with Crippen molar-refractivity contribution in [3.63, 3.8) is 0 Å². The quantitative estimate of drug-likeness (QED) is 0.736. The van der Waals surface area contributed by atoms with Crippen molar-refractivity contribution in [1.29, 1.82) is 0 Å². The van der Waals surface area contributed by atoms with E-state index in [1.54, 1.807) is 11.1 Å². The third kappa shape index (κ3) is 1.07. The van der Waals surface area contributed by atoms with Crippen LogP contribution in [0.15, 0.2) is 24.3 Å². The van der Waals surface area contributed by atoms with E-state index in [4.69, 9.17) is 0 Å². The summed E-state index contributed by atoms with van der Waals surface area (Å²) in [5, 5.41) is 3.55. The number of fused-ring (bicyclic) bond motifs is 5. The molecule has 3 unspecified atom stereocenters. The molecule has 2 aliphatic carbocycles. The predicted molar refractivity (Wildman–Crippen MR) is 63.2 cm³/mol. The van der Waals surface area contributed by atoms with E-state index in [0.29, 0.717) is 11.5 Å². The molecule has 0 saturated heterocycles. The first-order valence-corrected chi connectivity index (χ1v) is 6.04. The lowest BCUT2D eigenvalue weighted by Gasteiger charge is -2.39. The molecule has 0 aromatic heterocycles. The molecule has 1 aromatic carbocycles. The lowest BCUT2D eigenvalue weighted by molar-refractivity contribution is 0.243. The topological polar surface area (TPSA) is 12.0 Å². The summed E-state index contributed by atoms with van der Waals surface area (Å²) >= 11 is 0. The predicted octanol–water partition coefficient (Wildman–Crippen LogP) is 2.81. The van der Waals surface area contributed by atoms with Gasteiger partial charge in [0.25, 0.3) is 0 Å². The van der Waals surface area contributed by atoms with Gasteiger partial charge in [0.05, 0.1) is 0 Å². The summed E-state index contributed by atoms with van der Waals surface area (Å²) in [6, 6.07) is 9.71. The van der Waals surface area contributed by atoms with Crippen LogP contribution in [0.1, 0.15) is 43.2 Å². The first kappa shape index (κ1) is 9.41. The fourth-order valence-corrected chi connectivity index (χ4v) is 3.95. The monoisotopic (exact) mass is 201 g/mol. The molecular formula is C14H19N. The Morgan fingerprint density at radius 2 is 2.13 bits per heavy atom. The first-order valence-electron chi connectivity index (χ1n) is 6.04. The van der Waals surface area contributed by atoms with Crippen molar-refractivity contribution in [2.24, 2.45) is 0 Å². The Morgan fingerprint density at radius 1 is 1.33 bits per heavy atom. The highest BCUT2D eigenvalue weighted by Crippen LogP contribution is 2.54. The van der Waals surface area contributed by atoms with Gasteiger partial charge < -0.3 is 5.32 Å². The zero-order valence-electron chi connectivity index (χ0n) is 9.59. The summed E-state index contributed by atoms with van der Waals surface area (Å²) in [5.41, 5.74) is 3.59. The van der Waals surface area contributed by atoms with Gasteiger partial charge in [-0.05, 0) is 31.0 Å². The van der Waals surface area contributed by atoms with Crippen LogP contribution >= 0.6 is 0 Å². The Labute approximate surface area is 91.9 Å². The van der Waals surface area contributed by atoms with Crippen LogP contribution in [-0.2, 0) is 5.41 Å². The number of nitrogens with one attached hydrogen (secondary N) is 1. The van der Waals surface area contributed by atoms with Crippen LogP contribution < -0.4 is 5.32 Å². The van der Waals surface area contributed by atoms with Crippen molar-refractivity contribution in [3.8, 4) is 0 Å². The third-order valence-corrected chi connectivity index (χ3v) is 4.59. The summed E-state index contributed by atoms with van der Waals surface area (Å²) < 4.78 is 0. The lowest BCUT2D eigenvalue weighted by Crippen LogP contribution is -2.46. The zero-order chi connectivity index (χ0) is 10.5. The molecule has 1 saturated carbocycles. The zero-order valence-corrected chi connectivity index (χ0v) is 9.59. The maximum absolute atomic E-state index is 3.55. The maximum Gasteiger partial charge on any atom is 0.0227 e. The van der Waals surface area contributed by atoms with Crippen LogP contribution in [0.3, 0.4) is 0 Å². The van der Waals surface area contributed by atoms with E-state index in [1.165, 1.54) is 19.3 Å². The molecule has 0 heterocycles. The summed E-state index contributed by atoms with van der Waals surface area (Å²) in [6.45, 7) is 2.44. The highest BCUT2D eigenvalue weighted by atomic mass is 14.9. The SMILES string of the molecule is CNC1C2CCCC1(C)c1ccccc12. The minimum atomic E-state index is 0.383. The van der Waals surface area contributed by atoms with Gasteiger partial charge in [0.2, 0.25) is 0 Å². The Kier molecular flexibility index (Phi) is 1.93. The molecule has 0 spiro atoms. The number of benzene rings is 1. The van der Waals surface area contributed by atoms with E-state index in [-0.39, 0.29) is 0 Å². The van der Waals surface area contributed by atoms with Gasteiger partial charge in [0, 0.05) is 17.4 Å². The van der Waals surface area contributed by atoms with E-state index in [9.17, 15) is 0 Å². The van der Waals surface area contributed by atoms with Gasteiger partial charge in [-0.15, -0.1) is 0 Å². The largest absolute Gasteiger partial charge is 0.316 e. The number of hydrogen-bond acceptors (Lipinski definition) is 1. The van der Waals surface area contributed by atoms with E-state index in [0.717, 1.165) is 5.92 Å². The third-order valence-electron chi connectivity index (χ3n) is 4.59. The summed E-state index contributed by atoms with van der Waals surface area (Å²) in [4.78, 5) is 0. The lowest BCUT2D eigenvalue weighted by atomic mass is 9.71. The van der Waals surface area contributed by atoms with Crippen LogP contribution in [0.4, 0.5) is 0 Å². The molecule has 1 nitrogen and oxygen atoms in total. The second-order valence-electron chi connectivity index (χ2n) is 5.27. The van der Waals surface area contributed by atoms with Crippen LogP contribution in [0.2, 0.25) is 0 Å². The van der Waals surface area contributed by atoms with Crippen molar-refractivity contribution in [3.05, 3.63) is 35.4 Å². The van der Waals surface area contributed by atoms with Gasteiger partial charge >= 0.3 is 0 Å². The van der Waals surface area contributed by atoms with Crippen molar-refractivity contribution in [2.75, 3.05) is 7.05 Å². The average Bonchev–Trinajstić information content (AvgIpc) is 2.40. The number of rotatable bonds is 1. The summed E-state index contributed by atoms with van der Waals surface area (Å²) in [6.07, 6.45) is 4.08. The highest BCUT2D eigenvalue weighted by molar-refractivity contribution is 5.46. The molecule has 1 heteroatoms. The minimum absolute atomic E-state index is 0.383. The van der Waals surface area contributed by atoms with Crippen molar-refractivity contribution in [1.82, 2.24) is 5.32 Å². The van der Waals surface area contributed by atoms with Gasteiger partial charge in [-0.25, -0.2) is 0 Å². The van der Waals surface area contributed by atoms with Crippen molar-refractivity contribution < 1.29 is 0 Å². The van der Waals surface area contributed by atoms with Gasteiger partial charge in [-0.1, -0.05) is 37.6 Å². The van der Waals surface area contributed by atoms with Gasteiger partial charge in [-0.3, -0.25) is 0 Å². The Bertz CT molecular complexity index is 385. The summed E-state index contributed by atoms with van der Waals surface area (Å²) in [5.74, 6) is 0.755. The first-order chi connectivity index (χ1) is 7.27. The Hall–Kier alpha value is -0.820. The Balaban J connectivity index is 2.19. The van der Waals surface area contributed by atoms with Gasteiger partial charge in [0.1, 0.15) is 0 Å². The second-order valence-corrected chi connectivity index (χ2v) is 5.27. The minimum Gasteiger partial charge on any atom is -0.316 e. The average molecular weight is 201 g/mol. The number of likely N-dealkylation sites (N-methyl/N-ethyl adjacent to an activating group) is 1. The fourth-order valence-electron chi connectivity index (χ4n) is 3.95. The molecular weight excluding hydrogens is 182 g/mol. The smallest absolute Gasteiger partial charge is 0.0227 e. The van der Waals surface area contributed by atoms with Crippen LogP contribution in [0, 0.1) is 0 Å². The standard InChI is InChI=1S/C14H19N/c1-14-9-5-7-11(13(14)15-2)10-6-3-4-8-12(10)14/h3-4,6,8,11,13,15H,5,7,9H2,1-2H3. The second kappa shape index (κ2) is 3.08. The van der Waals surface area contributed by atoms with Crippen LogP contribution in [0.5, 0.6) is 0 Å². The maximum atomic E-state index is 3.55. The van der Waals surface area contributed by atoms with E-state index in [1.807, 2.05) is 0 Å². The molecule has 3 atom stereocenters. The molecule has 1 fully saturated rings. The molecule has 0 aliphatic heterocycles. The van der Waals surface area contributed by atoms with Crippen molar-refractivity contribution in [2.45, 2.75) is 43.6 Å². The summed E-state index contributed by atoms with van der Waals surface area (Å²) in [7, 11) is 2.12. The molecule has 2 bridgehead atoms. The van der Waals surface area contributed by atoms with Gasteiger partial charge in [0.15, 0.2) is 0 Å². The molecule has 15 heavy (non-hydrogen) atoms. The molecule has 3 rings (SSSR count). The van der Waals surface area contributed by atoms with E-state index in [2.05, 4.69) is 43.6 Å². The molecule has 0 amide bonds. The molecule has 1 N–H and O–H groups in total. The van der Waals surface area contributed by atoms with Crippen molar-refractivity contribution >= 4 is 0 Å². The highest BCUT2D eigenvalue weighted by Gasteiger charge is 2.50. The molecule has 80 valence electrons. The van der Waals surface area contributed by atoms with E-state index < -0.39 is 0 Å². The van der Waals surface area contributed by atoms with Crippen LogP contribution in [-0.4, -0.2) is 13.1 Å². The van der Waals surface area contributed by atoms with Crippen LogP contribution in [0.25, 0.3) is 0 Å². The molecule has 1 aromatic rings.